The van der Waals surface area contributed by atoms with Gasteiger partial charge in [0.2, 0.25) is 5.91 Å². The molecule has 0 unspecified atom stereocenters. The fourth-order valence-corrected chi connectivity index (χ4v) is 4.51. The molecule has 3 aromatic rings. The van der Waals surface area contributed by atoms with E-state index >= 15 is 0 Å². The number of piperidine rings is 1. The van der Waals surface area contributed by atoms with Crippen molar-refractivity contribution in [3.63, 3.8) is 0 Å². The van der Waals surface area contributed by atoms with Gasteiger partial charge in [0.1, 0.15) is 5.82 Å². The second kappa shape index (κ2) is 8.14. The first-order chi connectivity index (χ1) is 13.6. The zero-order valence-electron chi connectivity index (χ0n) is 15.9. The van der Waals surface area contributed by atoms with Crippen LogP contribution in [0.1, 0.15) is 28.3 Å². The highest BCUT2D eigenvalue weighted by Crippen LogP contribution is 2.21. The minimum atomic E-state index is -0.0204. The van der Waals surface area contributed by atoms with Gasteiger partial charge in [-0.3, -0.25) is 9.59 Å². The average Bonchev–Trinajstić information content (AvgIpc) is 3.36. The Morgan fingerprint density at radius 1 is 1.18 bits per heavy atom. The molecule has 0 radical (unpaired) electrons. The second-order valence-corrected chi connectivity index (χ2v) is 8.08. The fraction of sp³-hybridized carbons (Fsp3) is 0.381. The van der Waals surface area contributed by atoms with E-state index in [9.17, 15) is 9.59 Å². The van der Waals surface area contributed by atoms with E-state index in [1.165, 1.54) is 11.3 Å². The number of para-hydroxylation sites is 2. The smallest absolute Gasteiger partial charge is 0.263 e. The van der Waals surface area contributed by atoms with Gasteiger partial charge in [-0.1, -0.05) is 18.2 Å². The van der Waals surface area contributed by atoms with Crippen molar-refractivity contribution in [2.24, 2.45) is 5.92 Å². The summed E-state index contributed by atoms with van der Waals surface area (Å²) < 4.78 is 2.14. The molecule has 28 heavy (non-hydrogen) atoms. The third-order valence-electron chi connectivity index (χ3n) is 5.36. The zero-order valence-corrected chi connectivity index (χ0v) is 16.7. The van der Waals surface area contributed by atoms with E-state index in [1.807, 2.05) is 47.5 Å². The van der Waals surface area contributed by atoms with Crippen LogP contribution in [0.5, 0.6) is 0 Å². The number of benzene rings is 1. The van der Waals surface area contributed by atoms with Crippen LogP contribution < -0.4 is 5.32 Å². The Morgan fingerprint density at radius 2 is 1.96 bits per heavy atom. The summed E-state index contributed by atoms with van der Waals surface area (Å²) in [4.78, 5) is 32.1. The number of carbonyl (C=O) groups is 2. The number of likely N-dealkylation sites (tertiary alicyclic amines) is 1. The van der Waals surface area contributed by atoms with Crippen LogP contribution in [0, 0.1) is 12.8 Å². The van der Waals surface area contributed by atoms with E-state index in [4.69, 9.17) is 0 Å². The van der Waals surface area contributed by atoms with Gasteiger partial charge in [0.15, 0.2) is 0 Å². The minimum absolute atomic E-state index is 0.0204. The maximum atomic E-state index is 12.5. The first-order valence-electron chi connectivity index (χ1n) is 9.66. The van der Waals surface area contributed by atoms with Crippen molar-refractivity contribution >= 4 is 34.2 Å². The first kappa shape index (κ1) is 18.7. The Balaban J connectivity index is 1.27. The van der Waals surface area contributed by atoms with Crippen LogP contribution >= 0.6 is 11.3 Å². The van der Waals surface area contributed by atoms with Crippen molar-refractivity contribution < 1.29 is 9.59 Å². The van der Waals surface area contributed by atoms with Crippen LogP contribution in [0.25, 0.3) is 11.0 Å². The molecule has 4 rings (SSSR count). The molecule has 0 saturated carbocycles. The summed E-state index contributed by atoms with van der Waals surface area (Å²) in [6, 6.07) is 11.8. The maximum absolute atomic E-state index is 12.5. The van der Waals surface area contributed by atoms with E-state index < -0.39 is 0 Å². The van der Waals surface area contributed by atoms with Crippen molar-refractivity contribution in [3.8, 4) is 0 Å². The van der Waals surface area contributed by atoms with Gasteiger partial charge >= 0.3 is 0 Å². The topological polar surface area (TPSA) is 67.2 Å². The highest BCUT2D eigenvalue weighted by atomic mass is 32.1. The van der Waals surface area contributed by atoms with E-state index in [0.717, 1.165) is 34.6 Å². The molecule has 1 aromatic carbocycles. The lowest BCUT2D eigenvalue weighted by atomic mass is 9.96. The predicted octanol–water partition coefficient (Wildman–Crippen LogP) is 3.07. The number of hydrogen-bond acceptors (Lipinski definition) is 4. The second-order valence-electron chi connectivity index (χ2n) is 7.13. The largest absolute Gasteiger partial charge is 0.354 e. The van der Waals surface area contributed by atoms with Gasteiger partial charge in [-0.25, -0.2) is 4.98 Å². The number of amides is 2. The molecular weight excluding hydrogens is 372 g/mol. The number of imidazole rings is 1. The number of fused-ring (bicyclic) bond motifs is 1. The van der Waals surface area contributed by atoms with Crippen LogP contribution in [0.3, 0.4) is 0 Å². The van der Waals surface area contributed by atoms with Crippen molar-refractivity contribution in [1.29, 1.82) is 0 Å². The number of carbonyl (C=O) groups excluding carboxylic acids is 2. The van der Waals surface area contributed by atoms with Gasteiger partial charge in [0.05, 0.1) is 15.9 Å². The molecule has 2 aromatic heterocycles. The van der Waals surface area contributed by atoms with Crippen LogP contribution in [-0.4, -0.2) is 45.9 Å². The standard InChI is InChI=1S/C21H24N4O2S/c1-15-23-17-5-2-3-6-18(17)25(15)13-10-22-20(26)16-8-11-24(12-9-16)21(27)19-7-4-14-28-19/h2-7,14,16H,8-13H2,1H3,(H,22,26). The number of aryl methyl sites for hydroxylation is 1. The molecule has 1 fully saturated rings. The molecule has 0 aliphatic carbocycles. The molecule has 1 aliphatic heterocycles. The number of thiophene rings is 1. The molecule has 0 atom stereocenters. The summed E-state index contributed by atoms with van der Waals surface area (Å²) in [5.74, 6) is 1.10. The van der Waals surface area contributed by atoms with E-state index in [-0.39, 0.29) is 17.7 Å². The van der Waals surface area contributed by atoms with Gasteiger partial charge in [0, 0.05) is 32.1 Å². The molecule has 3 heterocycles. The molecule has 1 aliphatic rings. The lowest BCUT2D eigenvalue weighted by Gasteiger charge is -2.31. The molecule has 146 valence electrons. The van der Waals surface area contributed by atoms with Crippen molar-refractivity contribution in [2.75, 3.05) is 19.6 Å². The normalized spacial score (nSPS) is 15.1. The van der Waals surface area contributed by atoms with Crippen molar-refractivity contribution in [3.05, 3.63) is 52.5 Å². The van der Waals surface area contributed by atoms with Crippen molar-refractivity contribution in [2.45, 2.75) is 26.3 Å². The van der Waals surface area contributed by atoms with Crippen LogP contribution in [0.2, 0.25) is 0 Å². The summed E-state index contributed by atoms with van der Waals surface area (Å²) in [6.45, 7) is 4.55. The molecule has 1 N–H and O–H groups in total. The predicted molar refractivity (Wildman–Crippen MR) is 110 cm³/mol. The molecular formula is C21H24N4O2S. The van der Waals surface area contributed by atoms with Gasteiger partial charge in [0.25, 0.3) is 5.91 Å². The summed E-state index contributed by atoms with van der Waals surface area (Å²) in [7, 11) is 0. The first-order valence-corrected chi connectivity index (χ1v) is 10.5. The summed E-state index contributed by atoms with van der Waals surface area (Å²) in [5.41, 5.74) is 2.07. The zero-order chi connectivity index (χ0) is 19.5. The number of nitrogens with one attached hydrogen (secondary N) is 1. The molecule has 1 saturated heterocycles. The molecule has 6 nitrogen and oxygen atoms in total. The maximum Gasteiger partial charge on any atom is 0.263 e. The van der Waals surface area contributed by atoms with Crippen LogP contribution in [0.4, 0.5) is 0 Å². The van der Waals surface area contributed by atoms with E-state index in [0.29, 0.717) is 26.2 Å². The quantitative estimate of drug-likeness (QED) is 0.721. The number of rotatable bonds is 5. The van der Waals surface area contributed by atoms with Gasteiger partial charge in [-0.15, -0.1) is 11.3 Å². The van der Waals surface area contributed by atoms with E-state index in [2.05, 4.69) is 20.9 Å². The third kappa shape index (κ3) is 3.80. The average molecular weight is 397 g/mol. The van der Waals surface area contributed by atoms with Crippen LogP contribution in [-0.2, 0) is 11.3 Å². The molecule has 2 amide bonds. The Hall–Kier alpha value is -2.67. The van der Waals surface area contributed by atoms with Gasteiger partial charge in [-0.05, 0) is 43.3 Å². The number of nitrogens with zero attached hydrogens (tertiary/aromatic N) is 3. The number of hydrogen-bond donors (Lipinski definition) is 1. The monoisotopic (exact) mass is 396 g/mol. The highest BCUT2D eigenvalue weighted by molar-refractivity contribution is 7.12. The number of aromatic nitrogens is 2. The molecule has 7 heteroatoms. The Morgan fingerprint density at radius 3 is 2.71 bits per heavy atom. The summed E-state index contributed by atoms with van der Waals surface area (Å²) in [6.07, 6.45) is 1.44. The minimum Gasteiger partial charge on any atom is -0.354 e. The SMILES string of the molecule is Cc1nc2ccccc2n1CCNC(=O)C1CCN(C(=O)c2cccs2)CC1. The third-order valence-corrected chi connectivity index (χ3v) is 6.22. The van der Waals surface area contributed by atoms with Crippen molar-refractivity contribution in [1.82, 2.24) is 19.8 Å². The summed E-state index contributed by atoms with van der Waals surface area (Å²) >= 11 is 1.47. The van der Waals surface area contributed by atoms with Gasteiger partial charge < -0.3 is 14.8 Å². The van der Waals surface area contributed by atoms with E-state index in [1.54, 1.807) is 0 Å². The summed E-state index contributed by atoms with van der Waals surface area (Å²) in [5, 5.41) is 4.98. The Labute approximate surface area is 168 Å². The lowest BCUT2D eigenvalue weighted by Crippen LogP contribution is -2.43. The lowest BCUT2D eigenvalue weighted by molar-refractivity contribution is -0.126. The Bertz CT molecular complexity index is 972. The van der Waals surface area contributed by atoms with Crippen LogP contribution in [0.15, 0.2) is 41.8 Å². The molecule has 0 bridgehead atoms. The Kier molecular flexibility index (Phi) is 5.43. The highest BCUT2D eigenvalue weighted by Gasteiger charge is 2.28. The molecule has 0 spiro atoms. The fourth-order valence-electron chi connectivity index (χ4n) is 3.81. The van der Waals surface area contributed by atoms with Gasteiger partial charge in [-0.2, -0.15) is 0 Å².